The number of hydrogen-bond donors (Lipinski definition) is 0. The molecule has 1 aromatic heterocycles. The Balaban J connectivity index is 2.09. The molecule has 3 rings (SSSR count). The molecule has 0 aliphatic rings. The highest BCUT2D eigenvalue weighted by atomic mass is 79.9. The molecule has 0 aliphatic heterocycles. The fourth-order valence-electron chi connectivity index (χ4n) is 2.43. The van der Waals surface area contributed by atoms with E-state index in [1.54, 1.807) is 6.92 Å². The predicted molar refractivity (Wildman–Crippen MR) is 91.3 cm³/mol. The maximum atomic E-state index is 12.6. The first-order chi connectivity index (χ1) is 11.7. The number of nitrogens with zero attached hydrogens (tertiary/aromatic N) is 2. The normalized spacial score (nSPS) is 11.8. The topological polar surface area (TPSA) is 46.3 Å². The van der Waals surface area contributed by atoms with Gasteiger partial charge < -0.3 is 9.32 Å². The lowest BCUT2D eigenvalue weighted by atomic mass is 10.2. The van der Waals surface area contributed by atoms with Gasteiger partial charge in [0.25, 0.3) is 0 Å². The largest absolute Gasteiger partial charge is 0.471 e. The SMILES string of the molecule is Cc1cc(N(C)C(=O)C(F)(F)F)cc2nc(-c3ccccc3Br)oc12. The van der Waals surface area contributed by atoms with Gasteiger partial charge in [-0.3, -0.25) is 4.79 Å². The quantitative estimate of drug-likeness (QED) is 0.588. The van der Waals surface area contributed by atoms with Crippen LogP contribution in [0, 0.1) is 6.92 Å². The summed E-state index contributed by atoms with van der Waals surface area (Å²) in [5.74, 6) is -1.60. The lowest BCUT2D eigenvalue weighted by molar-refractivity contribution is -0.170. The highest BCUT2D eigenvalue weighted by Gasteiger charge is 2.41. The van der Waals surface area contributed by atoms with Crippen LogP contribution >= 0.6 is 15.9 Å². The molecule has 1 amide bonds. The molecule has 4 nitrogen and oxygen atoms in total. The number of halogens is 4. The standard InChI is InChI=1S/C17H12BrF3N2O2/c1-9-7-10(23(2)16(24)17(19,20)21)8-13-14(9)25-15(22-13)11-5-3-4-6-12(11)18/h3-8H,1-2H3. The summed E-state index contributed by atoms with van der Waals surface area (Å²) in [7, 11) is 1.07. The van der Waals surface area contributed by atoms with Crippen LogP contribution in [0.1, 0.15) is 5.56 Å². The molecule has 0 atom stereocenters. The van der Waals surface area contributed by atoms with Gasteiger partial charge in [-0.25, -0.2) is 4.98 Å². The van der Waals surface area contributed by atoms with Crippen LogP contribution in [0.5, 0.6) is 0 Å². The number of benzene rings is 2. The number of carbonyl (C=O) groups is 1. The molecule has 8 heteroatoms. The third-order valence-corrected chi connectivity index (χ3v) is 4.39. The van der Waals surface area contributed by atoms with Gasteiger partial charge in [0.15, 0.2) is 5.58 Å². The zero-order valence-electron chi connectivity index (χ0n) is 13.2. The Hall–Kier alpha value is -2.35. The fraction of sp³-hybridized carbons (Fsp3) is 0.176. The fourth-order valence-corrected chi connectivity index (χ4v) is 2.89. The number of oxazole rings is 1. The van der Waals surface area contributed by atoms with Crippen LogP contribution in [0.2, 0.25) is 0 Å². The van der Waals surface area contributed by atoms with Gasteiger partial charge in [0.1, 0.15) is 5.52 Å². The van der Waals surface area contributed by atoms with Crippen LogP contribution in [0.3, 0.4) is 0 Å². The van der Waals surface area contributed by atoms with Crippen LogP contribution in [0.25, 0.3) is 22.6 Å². The van der Waals surface area contributed by atoms with E-state index in [1.807, 2.05) is 24.3 Å². The molecule has 0 aliphatic carbocycles. The lowest BCUT2D eigenvalue weighted by Gasteiger charge is -2.19. The number of aromatic nitrogens is 1. The summed E-state index contributed by atoms with van der Waals surface area (Å²) in [6, 6.07) is 10.2. The van der Waals surface area contributed by atoms with Crippen molar-refractivity contribution >= 4 is 38.6 Å². The van der Waals surface area contributed by atoms with E-state index in [1.165, 1.54) is 12.1 Å². The van der Waals surface area contributed by atoms with E-state index >= 15 is 0 Å². The van der Waals surface area contributed by atoms with Crippen molar-refractivity contribution in [3.05, 3.63) is 46.4 Å². The molecule has 1 heterocycles. The van der Waals surface area contributed by atoms with E-state index in [2.05, 4.69) is 20.9 Å². The number of fused-ring (bicyclic) bond motifs is 1. The van der Waals surface area contributed by atoms with Gasteiger partial charge >= 0.3 is 12.1 Å². The molecule has 130 valence electrons. The average molecular weight is 413 g/mol. The number of anilines is 1. The molecule has 0 bridgehead atoms. The molecular weight excluding hydrogens is 401 g/mol. The minimum atomic E-state index is -4.94. The highest BCUT2D eigenvalue weighted by molar-refractivity contribution is 9.10. The first kappa shape index (κ1) is 17.5. The molecular formula is C17H12BrF3N2O2. The summed E-state index contributed by atoms with van der Waals surface area (Å²) in [5, 5.41) is 0. The summed E-state index contributed by atoms with van der Waals surface area (Å²) in [6.07, 6.45) is -4.94. The maximum Gasteiger partial charge on any atom is 0.471 e. The number of amides is 1. The van der Waals surface area contributed by atoms with Gasteiger partial charge in [-0.05, 0) is 52.7 Å². The van der Waals surface area contributed by atoms with E-state index in [-0.39, 0.29) is 5.69 Å². The molecule has 0 radical (unpaired) electrons. The van der Waals surface area contributed by atoms with Gasteiger partial charge in [0, 0.05) is 17.2 Å². The zero-order chi connectivity index (χ0) is 18.4. The second-order valence-corrected chi connectivity index (χ2v) is 6.33. The Morgan fingerprint density at radius 3 is 2.56 bits per heavy atom. The first-order valence-corrected chi connectivity index (χ1v) is 7.98. The van der Waals surface area contributed by atoms with Crippen LogP contribution in [-0.2, 0) is 4.79 Å². The second-order valence-electron chi connectivity index (χ2n) is 5.47. The number of rotatable bonds is 2. The number of alkyl halides is 3. The molecule has 0 spiro atoms. The smallest absolute Gasteiger partial charge is 0.436 e. The Kier molecular flexibility index (Phi) is 4.32. The molecule has 0 saturated carbocycles. The summed E-state index contributed by atoms with van der Waals surface area (Å²) >= 11 is 3.41. The van der Waals surface area contributed by atoms with Crippen LogP contribution < -0.4 is 4.90 Å². The molecule has 0 unspecified atom stereocenters. The molecule has 25 heavy (non-hydrogen) atoms. The van der Waals surface area contributed by atoms with Crippen molar-refractivity contribution in [2.75, 3.05) is 11.9 Å². The third kappa shape index (κ3) is 3.26. The molecule has 0 fully saturated rings. The first-order valence-electron chi connectivity index (χ1n) is 7.19. The van der Waals surface area contributed by atoms with Gasteiger partial charge in [0.2, 0.25) is 5.89 Å². The number of aryl methyl sites for hydroxylation is 1. The number of hydrogen-bond acceptors (Lipinski definition) is 3. The molecule has 2 aromatic carbocycles. The Morgan fingerprint density at radius 2 is 1.92 bits per heavy atom. The van der Waals surface area contributed by atoms with Gasteiger partial charge in [-0.1, -0.05) is 12.1 Å². The lowest BCUT2D eigenvalue weighted by Crippen LogP contribution is -2.38. The van der Waals surface area contributed by atoms with Gasteiger partial charge in [0.05, 0.1) is 5.56 Å². The molecule has 0 saturated heterocycles. The van der Waals surface area contributed by atoms with Crippen molar-refractivity contribution in [2.45, 2.75) is 13.1 Å². The van der Waals surface area contributed by atoms with E-state index in [9.17, 15) is 18.0 Å². The van der Waals surface area contributed by atoms with Crippen LogP contribution in [-0.4, -0.2) is 24.1 Å². The maximum absolute atomic E-state index is 12.6. The summed E-state index contributed by atoms with van der Waals surface area (Å²) in [6.45, 7) is 1.69. The summed E-state index contributed by atoms with van der Waals surface area (Å²) < 4.78 is 44.5. The summed E-state index contributed by atoms with van der Waals surface area (Å²) in [4.78, 5) is 16.3. The average Bonchev–Trinajstić information content (AvgIpc) is 2.97. The van der Waals surface area contributed by atoms with Crippen molar-refractivity contribution in [3.63, 3.8) is 0 Å². The minimum absolute atomic E-state index is 0.0966. The van der Waals surface area contributed by atoms with Gasteiger partial charge in [-0.2, -0.15) is 13.2 Å². The van der Waals surface area contributed by atoms with E-state index in [0.29, 0.717) is 27.5 Å². The minimum Gasteiger partial charge on any atom is -0.436 e. The van der Waals surface area contributed by atoms with Crippen molar-refractivity contribution in [1.82, 2.24) is 4.98 Å². The van der Waals surface area contributed by atoms with Crippen molar-refractivity contribution < 1.29 is 22.4 Å². The Labute approximate surface area is 149 Å². The van der Waals surface area contributed by atoms with Gasteiger partial charge in [-0.15, -0.1) is 0 Å². The van der Waals surface area contributed by atoms with E-state index in [4.69, 9.17) is 4.42 Å². The predicted octanol–water partition coefficient (Wildman–Crippen LogP) is 5.09. The third-order valence-electron chi connectivity index (χ3n) is 3.70. The van der Waals surface area contributed by atoms with Crippen LogP contribution in [0.4, 0.5) is 18.9 Å². The number of carbonyl (C=O) groups excluding carboxylic acids is 1. The highest BCUT2D eigenvalue weighted by Crippen LogP contribution is 2.33. The van der Waals surface area contributed by atoms with Crippen LogP contribution in [0.15, 0.2) is 45.3 Å². The Morgan fingerprint density at radius 1 is 1.24 bits per heavy atom. The second kappa shape index (κ2) is 6.18. The monoisotopic (exact) mass is 412 g/mol. The Bertz CT molecular complexity index is 966. The molecule has 0 N–H and O–H groups in total. The summed E-state index contributed by atoms with van der Waals surface area (Å²) in [5.41, 5.74) is 2.24. The zero-order valence-corrected chi connectivity index (χ0v) is 14.8. The van der Waals surface area contributed by atoms with E-state index < -0.39 is 12.1 Å². The molecule has 3 aromatic rings. The van der Waals surface area contributed by atoms with Crippen molar-refractivity contribution in [1.29, 1.82) is 0 Å². The van der Waals surface area contributed by atoms with Crippen molar-refractivity contribution in [2.24, 2.45) is 0 Å². The van der Waals surface area contributed by atoms with Crippen molar-refractivity contribution in [3.8, 4) is 11.5 Å². The van der Waals surface area contributed by atoms with E-state index in [0.717, 1.165) is 17.1 Å².